The summed E-state index contributed by atoms with van der Waals surface area (Å²) in [5, 5.41) is 8.25. The molecule has 4 aromatic rings. The minimum Gasteiger partial charge on any atom is -0.213 e. The van der Waals surface area contributed by atoms with Gasteiger partial charge >= 0.3 is 0 Å². The second kappa shape index (κ2) is 9.57. The van der Waals surface area contributed by atoms with Crippen LogP contribution in [-0.2, 0) is 5.92 Å². The fourth-order valence-corrected chi connectivity index (χ4v) is 4.36. The first-order valence-corrected chi connectivity index (χ1v) is 11.6. The van der Waals surface area contributed by atoms with E-state index in [1.165, 1.54) is 22.9 Å². The van der Waals surface area contributed by atoms with Crippen LogP contribution in [0.4, 0.5) is 22.0 Å². The molecule has 0 radical (unpaired) electrons. The highest BCUT2D eigenvalue weighted by molar-refractivity contribution is 5.76. The summed E-state index contributed by atoms with van der Waals surface area (Å²) in [4.78, 5) is 0. The fraction of sp³-hybridized carbons (Fsp3) is 0.241. The summed E-state index contributed by atoms with van der Waals surface area (Å²) in [5.74, 6) is -9.33. The Morgan fingerprint density at radius 3 is 2.35 bits per heavy atom. The molecular weight excluding hydrogens is 485 g/mol. The van der Waals surface area contributed by atoms with Crippen LogP contribution in [0.15, 0.2) is 73.3 Å². The molecule has 8 heteroatoms. The molecule has 0 aliphatic heterocycles. The molecule has 0 saturated heterocycles. The summed E-state index contributed by atoms with van der Waals surface area (Å²) in [6, 6.07) is 15.6. The Hall–Kier alpha value is -3.81. The third-order valence-corrected chi connectivity index (χ3v) is 6.13. The van der Waals surface area contributed by atoms with Crippen molar-refractivity contribution in [2.24, 2.45) is 0 Å². The van der Waals surface area contributed by atoms with Crippen LogP contribution in [-0.4, -0.2) is 20.9 Å². The van der Waals surface area contributed by atoms with Crippen molar-refractivity contribution in [3.8, 4) is 5.69 Å². The molecule has 192 valence electrons. The van der Waals surface area contributed by atoms with E-state index in [-0.39, 0.29) is 16.7 Å². The van der Waals surface area contributed by atoms with E-state index >= 15 is 4.39 Å². The summed E-state index contributed by atoms with van der Waals surface area (Å²) in [6.07, 6.45) is 0.783. The van der Waals surface area contributed by atoms with Crippen LogP contribution in [0.25, 0.3) is 28.1 Å². The van der Waals surface area contributed by atoms with Crippen molar-refractivity contribution in [3.05, 3.63) is 101 Å². The quantitative estimate of drug-likeness (QED) is 0.233. The van der Waals surface area contributed by atoms with E-state index in [1.54, 1.807) is 38.1 Å². The fourth-order valence-electron chi connectivity index (χ4n) is 4.36. The molecule has 3 aromatic carbocycles. The molecule has 0 saturated carbocycles. The third kappa shape index (κ3) is 5.48. The highest BCUT2D eigenvalue weighted by atomic mass is 19.3. The number of hydrogen-bond donors (Lipinski definition) is 0. The molecule has 4 rings (SSSR count). The van der Waals surface area contributed by atoms with Crippen LogP contribution < -0.4 is 0 Å². The van der Waals surface area contributed by atoms with E-state index in [2.05, 4.69) is 16.9 Å². The largest absolute Gasteiger partial charge is 0.271 e. The highest BCUT2D eigenvalue weighted by Crippen LogP contribution is 2.40. The van der Waals surface area contributed by atoms with Gasteiger partial charge in [0.25, 0.3) is 11.8 Å². The molecular formula is C29H26F5N3. The molecule has 0 spiro atoms. The van der Waals surface area contributed by atoms with E-state index in [4.69, 9.17) is 0 Å². The normalized spacial score (nSPS) is 13.7. The van der Waals surface area contributed by atoms with E-state index in [0.29, 0.717) is 41.7 Å². The number of benzene rings is 3. The number of allylic oxidation sites excluding steroid dienone is 2. The standard InChI is InChI=1S/C29H26F5N3/c1-17(2)22-11-10-19(15-24(22)29(5,33)34)25(30)16-23(28(4,31)32)20-12-18(3)13-21(14-20)37-27-9-7-6-8-26(27)35-36-37/h6-16,23H,1H2,2-5H3/b25-16-. The number of aryl methyl sites for hydroxylation is 1. The Morgan fingerprint density at radius 1 is 1.00 bits per heavy atom. The maximum Gasteiger partial charge on any atom is 0.271 e. The Kier molecular flexibility index (Phi) is 6.79. The Bertz CT molecular complexity index is 1510. The number of rotatable bonds is 7. The number of alkyl halides is 4. The molecule has 0 N–H and O–H groups in total. The number of halogens is 5. The second-order valence-electron chi connectivity index (χ2n) is 9.47. The van der Waals surface area contributed by atoms with E-state index in [9.17, 15) is 17.6 Å². The zero-order chi connectivity index (χ0) is 27.1. The third-order valence-electron chi connectivity index (χ3n) is 6.13. The minimum atomic E-state index is -3.36. The molecule has 0 amide bonds. The molecule has 37 heavy (non-hydrogen) atoms. The summed E-state index contributed by atoms with van der Waals surface area (Å²) >= 11 is 0. The van der Waals surface area contributed by atoms with Gasteiger partial charge in [-0.15, -0.1) is 5.10 Å². The highest BCUT2D eigenvalue weighted by Gasteiger charge is 2.35. The zero-order valence-corrected chi connectivity index (χ0v) is 20.9. The molecule has 0 fully saturated rings. The Labute approximate surface area is 211 Å². The maximum atomic E-state index is 15.4. The number of nitrogens with zero attached hydrogens (tertiary/aromatic N) is 3. The molecule has 0 bridgehead atoms. The number of para-hydroxylation sites is 1. The minimum absolute atomic E-state index is 0.150. The molecule has 1 heterocycles. The molecule has 1 unspecified atom stereocenters. The molecule has 1 atom stereocenters. The van der Waals surface area contributed by atoms with Crippen molar-refractivity contribution < 1.29 is 22.0 Å². The summed E-state index contributed by atoms with van der Waals surface area (Å²) in [6.45, 7) is 8.40. The van der Waals surface area contributed by atoms with Crippen molar-refractivity contribution in [2.45, 2.75) is 45.5 Å². The van der Waals surface area contributed by atoms with Gasteiger partial charge in [0.1, 0.15) is 11.3 Å². The Balaban J connectivity index is 1.82. The molecule has 0 aliphatic rings. The average molecular weight is 512 g/mol. The average Bonchev–Trinajstić information content (AvgIpc) is 3.24. The lowest BCUT2D eigenvalue weighted by Crippen LogP contribution is -2.21. The summed E-state index contributed by atoms with van der Waals surface area (Å²) in [7, 11) is 0. The van der Waals surface area contributed by atoms with Gasteiger partial charge in [0, 0.05) is 25.0 Å². The van der Waals surface area contributed by atoms with Gasteiger partial charge in [-0.25, -0.2) is 26.6 Å². The lowest BCUT2D eigenvalue weighted by atomic mass is 9.89. The van der Waals surface area contributed by atoms with Gasteiger partial charge in [-0.1, -0.05) is 47.7 Å². The van der Waals surface area contributed by atoms with Crippen LogP contribution in [0.5, 0.6) is 0 Å². The first kappa shape index (κ1) is 26.3. The number of hydrogen-bond acceptors (Lipinski definition) is 2. The van der Waals surface area contributed by atoms with Crippen LogP contribution in [0.2, 0.25) is 0 Å². The predicted octanol–water partition coefficient (Wildman–Crippen LogP) is 8.62. The SMILES string of the molecule is C=C(C)c1ccc(/C(F)=C/C(c2cc(C)cc(-n3nnc4ccccc43)c2)C(C)(F)F)cc1C(C)(F)F. The Morgan fingerprint density at radius 2 is 1.70 bits per heavy atom. The molecule has 3 nitrogen and oxygen atoms in total. The molecule has 0 aliphatic carbocycles. The number of aromatic nitrogens is 3. The first-order valence-electron chi connectivity index (χ1n) is 11.6. The van der Waals surface area contributed by atoms with Crippen molar-refractivity contribution in [2.75, 3.05) is 0 Å². The zero-order valence-electron chi connectivity index (χ0n) is 20.9. The summed E-state index contributed by atoms with van der Waals surface area (Å²) in [5.41, 5.74) is 2.56. The van der Waals surface area contributed by atoms with Gasteiger partial charge in [-0.3, -0.25) is 0 Å². The summed E-state index contributed by atoms with van der Waals surface area (Å²) < 4.78 is 75.2. The van der Waals surface area contributed by atoms with Crippen molar-refractivity contribution in [1.29, 1.82) is 0 Å². The van der Waals surface area contributed by atoms with Crippen LogP contribution in [0.3, 0.4) is 0 Å². The smallest absolute Gasteiger partial charge is 0.213 e. The topological polar surface area (TPSA) is 30.7 Å². The van der Waals surface area contributed by atoms with Gasteiger partial charge in [0.15, 0.2) is 0 Å². The van der Waals surface area contributed by atoms with Gasteiger partial charge < -0.3 is 0 Å². The molecule has 1 aromatic heterocycles. The van der Waals surface area contributed by atoms with Crippen LogP contribution in [0, 0.1) is 6.92 Å². The van der Waals surface area contributed by atoms with Crippen LogP contribution >= 0.6 is 0 Å². The first-order chi connectivity index (χ1) is 17.3. The van der Waals surface area contributed by atoms with Crippen molar-refractivity contribution >= 4 is 22.4 Å². The van der Waals surface area contributed by atoms with Crippen molar-refractivity contribution in [3.63, 3.8) is 0 Å². The second-order valence-corrected chi connectivity index (χ2v) is 9.47. The maximum absolute atomic E-state index is 15.4. The predicted molar refractivity (Wildman–Crippen MR) is 137 cm³/mol. The van der Waals surface area contributed by atoms with Gasteiger partial charge in [-0.05, 0) is 66.9 Å². The monoisotopic (exact) mass is 511 g/mol. The van der Waals surface area contributed by atoms with E-state index in [0.717, 1.165) is 12.1 Å². The van der Waals surface area contributed by atoms with Crippen molar-refractivity contribution in [1.82, 2.24) is 15.0 Å². The number of fused-ring (bicyclic) bond motifs is 1. The van der Waals surface area contributed by atoms with E-state index in [1.807, 2.05) is 12.1 Å². The van der Waals surface area contributed by atoms with Crippen LogP contribution in [0.1, 0.15) is 54.5 Å². The lowest BCUT2D eigenvalue weighted by molar-refractivity contribution is 0.00659. The van der Waals surface area contributed by atoms with E-state index < -0.39 is 29.2 Å². The van der Waals surface area contributed by atoms with Gasteiger partial charge in [0.05, 0.1) is 17.1 Å². The lowest BCUT2D eigenvalue weighted by Gasteiger charge is -2.23. The van der Waals surface area contributed by atoms with Gasteiger partial charge in [-0.2, -0.15) is 0 Å². The van der Waals surface area contributed by atoms with Gasteiger partial charge in [0.2, 0.25) is 0 Å².